The fraction of sp³-hybridized carbons (Fsp3) is 0.350. The fourth-order valence-electron chi connectivity index (χ4n) is 3.61. The Kier molecular flexibility index (Phi) is 4.56. The highest BCUT2D eigenvalue weighted by Crippen LogP contribution is 2.21. The van der Waals surface area contributed by atoms with Gasteiger partial charge in [0.15, 0.2) is 0 Å². The number of carbonyl (C=O) groups is 2. The summed E-state index contributed by atoms with van der Waals surface area (Å²) in [6.07, 6.45) is 3.46. The maximum absolute atomic E-state index is 12.8. The smallest absolute Gasteiger partial charge is 0.255 e. The van der Waals surface area contributed by atoms with Crippen molar-refractivity contribution in [2.75, 3.05) is 37.6 Å². The quantitative estimate of drug-likeness (QED) is 0.789. The predicted molar refractivity (Wildman–Crippen MR) is 99.0 cm³/mol. The molecule has 6 nitrogen and oxygen atoms in total. The van der Waals surface area contributed by atoms with E-state index in [-0.39, 0.29) is 5.91 Å². The molecule has 0 radical (unpaired) electrons. The van der Waals surface area contributed by atoms with Crippen LogP contribution in [0.2, 0.25) is 0 Å². The highest BCUT2D eigenvalue weighted by Gasteiger charge is 2.22. The van der Waals surface area contributed by atoms with Crippen LogP contribution in [0.1, 0.15) is 21.5 Å². The zero-order valence-electron chi connectivity index (χ0n) is 14.7. The number of piperazine rings is 1. The second-order valence-electron chi connectivity index (χ2n) is 6.78. The lowest BCUT2D eigenvalue weighted by Crippen LogP contribution is -2.46. The summed E-state index contributed by atoms with van der Waals surface area (Å²) < 4.78 is 0. The van der Waals surface area contributed by atoms with Gasteiger partial charge in [-0.2, -0.15) is 0 Å². The van der Waals surface area contributed by atoms with Crippen molar-refractivity contribution in [1.82, 2.24) is 14.8 Å². The number of amides is 2. The van der Waals surface area contributed by atoms with Crippen LogP contribution in [0.4, 0.5) is 5.82 Å². The van der Waals surface area contributed by atoms with Gasteiger partial charge in [-0.3, -0.25) is 9.59 Å². The second-order valence-corrected chi connectivity index (χ2v) is 6.78. The fourth-order valence-corrected chi connectivity index (χ4v) is 3.61. The molecular formula is C20H22N4O2. The highest BCUT2D eigenvalue weighted by molar-refractivity contribution is 5.94. The van der Waals surface area contributed by atoms with Crippen LogP contribution in [0, 0.1) is 0 Å². The largest absolute Gasteiger partial charge is 0.353 e. The molecule has 6 heteroatoms. The molecule has 0 aliphatic carbocycles. The molecule has 0 N–H and O–H groups in total. The Balaban J connectivity index is 1.42. The second kappa shape index (κ2) is 7.15. The van der Waals surface area contributed by atoms with Gasteiger partial charge in [0.2, 0.25) is 6.41 Å². The number of fused-ring (bicyclic) bond motifs is 1. The van der Waals surface area contributed by atoms with Crippen LogP contribution in [0.5, 0.6) is 0 Å². The molecule has 26 heavy (non-hydrogen) atoms. The van der Waals surface area contributed by atoms with Gasteiger partial charge in [-0.25, -0.2) is 4.98 Å². The summed E-state index contributed by atoms with van der Waals surface area (Å²) in [7, 11) is 0. The van der Waals surface area contributed by atoms with Gasteiger partial charge in [0.25, 0.3) is 5.91 Å². The van der Waals surface area contributed by atoms with Crippen molar-refractivity contribution in [1.29, 1.82) is 0 Å². The number of aromatic nitrogens is 1. The summed E-state index contributed by atoms with van der Waals surface area (Å²) in [6.45, 7) is 4.34. The number of hydrogen-bond donors (Lipinski definition) is 0. The summed E-state index contributed by atoms with van der Waals surface area (Å²) in [5.74, 6) is 0.889. The van der Waals surface area contributed by atoms with E-state index in [2.05, 4.69) is 22.0 Å². The van der Waals surface area contributed by atoms with E-state index < -0.39 is 0 Å². The average Bonchev–Trinajstić information content (AvgIpc) is 2.73. The van der Waals surface area contributed by atoms with Gasteiger partial charge in [0, 0.05) is 45.5 Å². The van der Waals surface area contributed by atoms with Gasteiger partial charge in [0.05, 0.1) is 5.56 Å². The van der Waals surface area contributed by atoms with Gasteiger partial charge in [-0.05, 0) is 29.7 Å². The molecule has 2 aliphatic rings. The van der Waals surface area contributed by atoms with Gasteiger partial charge >= 0.3 is 0 Å². The third kappa shape index (κ3) is 3.27. The molecule has 2 aliphatic heterocycles. The lowest BCUT2D eigenvalue weighted by Gasteiger charge is -2.33. The first-order valence-corrected chi connectivity index (χ1v) is 9.01. The minimum Gasteiger partial charge on any atom is -0.353 e. The van der Waals surface area contributed by atoms with E-state index in [0.29, 0.717) is 25.2 Å². The summed E-state index contributed by atoms with van der Waals surface area (Å²) in [5.41, 5.74) is 3.18. The maximum Gasteiger partial charge on any atom is 0.255 e. The van der Waals surface area contributed by atoms with Gasteiger partial charge < -0.3 is 14.7 Å². The first-order valence-electron chi connectivity index (χ1n) is 9.01. The Morgan fingerprint density at radius 1 is 0.962 bits per heavy atom. The molecule has 3 heterocycles. The molecule has 2 aromatic rings. The first kappa shape index (κ1) is 16.6. The van der Waals surface area contributed by atoms with Crippen molar-refractivity contribution in [3.8, 4) is 0 Å². The number of carbonyl (C=O) groups excluding carboxylic acids is 2. The van der Waals surface area contributed by atoms with Gasteiger partial charge in [-0.15, -0.1) is 0 Å². The Hall–Kier alpha value is -2.89. The van der Waals surface area contributed by atoms with Crippen molar-refractivity contribution in [2.24, 2.45) is 0 Å². The minimum atomic E-state index is 0.0318. The molecule has 0 atom stereocenters. The molecule has 1 fully saturated rings. The third-order valence-electron chi connectivity index (χ3n) is 5.20. The molecule has 0 spiro atoms. The van der Waals surface area contributed by atoms with E-state index >= 15 is 0 Å². The van der Waals surface area contributed by atoms with Crippen LogP contribution < -0.4 is 4.90 Å². The van der Waals surface area contributed by atoms with Crippen LogP contribution >= 0.6 is 0 Å². The molecule has 2 amide bonds. The van der Waals surface area contributed by atoms with Crippen molar-refractivity contribution < 1.29 is 9.59 Å². The van der Waals surface area contributed by atoms with Crippen molar-refractivity contribution in [3.63, 3.8) is 0 Å². The summed E-state index contributed by atoms with van der Waals surface area (Å²) in [5, 5.41) is 0. The zero-order chi connectivity index (χ0) is 17.9. The van der Waals surface area contributed by atoms with E-state index in [9.17, 15) is 9.59 Å². The number of nitrogens with zero attached hydrogens (tertiary/aromatic N) is 4. The van der Waals surface area contributed by atoms with Crippen LogP contribution in [-0.4, -0.2) is 59.8 Å². The number of pyridine rings is 1. The standard InChI is InChI=1S/C20H22N4O2/c25-15-22-9-11-23(12-10-22)19-6-5-17(13-21-19)20(26)24-8-7-16-3-1-2-4-18(16)14-24/h1-6,13,15H,7-12,14H2. The Labute approximate surface area is 153 Å². The lowest BCUT2D eigenvalue weighted by molar-refractivity contribution is -0.118. The van der Waals surface area contributed by atoms with E-state index in [0.717, 1.165) is 38.3 Å². The predicted octanol–water partition coefficient (Wildman–Crippen LogP) is 1.56. The SMILES string of the molecule is O=CN1CCN(c2ccc(C(=O)N3CCc4ccccc4C3)cn2)CC1. The topological polar surface area (TPSA) is 56.8 Å². The molecule has 4 rings (SSSR count). The monoisotopic (exact) mass is 350 g/mol. The van der Waals surface area contributed by atoms with E-state index in [1.54, 1.807) is 11.1 Å². The summed E-state index contributed by atoms with van der Waals surface area (Å²) in [4.78, 5) is 33.9. The molecule has 0 bridgehead atoms. The van der Waals surface area contributed by atoms with Gasteiger partial charge in [0.1, 0.15) is 5.82 Å². The van der Waals surface area contributed by atoms with Gasteiger partial charge in [-0.1, -0.05) is 24.3 Å². The lowest BCUT2D eigenvalue weighted by atomic mass is 9.99. The zero-order valence-corrected chi connectivity index (χ0v) is 14.7. The van der Waals surface area contributed by atoms with Crippen molar-refractivity contribution in [3.05, 3.63) is 59.3 Å². The number of rotatable bonds is 3. The molecular weight excluding hydrogens is 328 g/mol. The normalized spacial score (nSPS) is 17.0. The van der Waals surface area contributed by atoms with E-state index in [1.807, 2.05) is 29.2 Å². The van der Waals surface area contributed by atoms with Crippen LogP contribution in [0.25, 0.3) is 0 Å². The Morgan fingerprint density at radius 2 is 1.73 bits per heavy atom. The number of hydrogen-bond acceptors (Lipinski definition) is 4. The molecule has 134 valence electrons. The molecule has 0 saturated carbocycles. The summed E-state index contributed by atoms with van der Waals surface area (Å²) >= 11 is 0. The summed E-state index contributed by atoms with van der Waals surface area (Å²) in [6, 6.07) is 12.1. The third-order valence-corrected chi connectivity index (χ3v) is 5.20. The number of anilines is 1. The Bertz CT molecular complexity index is 798. The van der Waals surface area contributed by atoms with E-state index in [4.69, 9.17) is 0 Å². The molecule has 1 saturated heterocycles. The van der Waals surface area contributed by atoms with Crippen LogP contribution in [0.3, 0.4) is 0 Å². The molecule has 1 aromatic heterocycles. The molecule has 1 aromatic carbocycles. The molecule has 0 unspecified atom stereocenters. The van der Waals surface area contributed by atoms with Crippen molar-refractivity contribution >= 4 is 18.1 Å². The minimum absolute atomic E-state index is 0.0318. The van der Waals surface area contributed by atoms with Crippen LogP contribution in [-0.2, 0) is 17.8 Å². The van der Waals surface area contributed by atoms with Crippen LogP contribution in [0.15, 0.2) is 42.6 Å². The maximum atomic E-state index is 12.8. The van der Waals surface area contributed by atoms with Crippen molar-refractivity contribution in [2.45, 2.75) is 13.0 Å². The van der Waals surface area contributed by atoms with E-state index in [1.165, 1.54) is 11.1 Å². The first-order chi connectivity index (χ1) is 12.7. The number of benzene rings is 1. The average molecular weight is 350 g/mol. The Morgan fingerprint density at radius 3 is 2.42 bits per heavy atom. The highest BCUT2D eigenvalue weighted by atomic mass is 16.2.